The third-order valence-electron chi connectivity index (χ3n) is 5.31. The highest BCUT2D eigenvalue weighted by molar-refractivity contribution is 7.90. The first-order chi connectivity index (χ1) is 14.7. The number of amidine groups is 1. The van der Waals surface area contributed by atoms with Crippen LogP contribution in [0.2, 0.25) is 0 Å². The fourth-order valence-corrected chi connectivity index (χ4v) is 5.82. The Morgan fingerprint density at radius 2 is 1.68 bits per heavy atom. The minimum Gasteiger partial charge on any atom is -0.339 e. The van der Waals surface area contributed by atoms with E-state index in [1.54, 1.807) is 54.3 Å². The second kappa shape index (κ2) is 8.06. The quantitative estimate of drug-likeness (QED) is 0.733. The molecule has 0 radical (unpaired) electrons. The predicted molar refractivity (Wildman–Crippen MR) is 117 cm³/mol. The third-order valence-corrected chi connectivity index (χ3v) is 8.53. The summed E-state index contributed by atoms with van der Waals surface area (Å²) in [5.41, 5.74) is 1.57. The molecule has 1 saturated heterocycles. The first kappa shape index (κ1) is 21.5. The number of benzene rings is 2. The maximum Gasteiger partial charge on any atom is 0.285 e. The number of piperazine rings is 1. The summed E-state index contributed by atoms with van der Waals surface area (Å²) in [6, 6.07) is 13.2. The highest BCUT2D eigenvalue weighted by Gasteiger charge is 2.29. The molecule has 0 bridgehead atoms. The predicted octanol–water partition coefficient (Wildman–Crippen LogP) is 1.36. The summed E-state index contributed by atoms with van der Waals surface area (Å²) in [6.07, 6.45) is 0. The Morgan fingerprint density at radius 3 is 2.32 bits per heavy atom. The van der Waals surface area contributed by atoms with Gasteiger partial charge in [0.25, 0.3) is 15.9 Å². The molecule has 2 aliphatic heterocycles. The number of carbonyl (C=O) groups excluding carboxylic acids is 1. The number of fused-ring (bicyclic) bond motifs is 1. The number of hydrogen-bond donors (Lipinski definition) is 1. The van der Waals surface area contributed by atoms with Crippen LogP contribution in [0.15, 0.2) is 57.8 Å². The van der Waals surface area contributed by atoms with E-state index in [1.165, 1.54) is 10.4 Å². The number of amides is 1. The molecule has 11 heteroatoms. The van der Waals surface area contributed by atoms with Gasteiger partial charge in [-0.3, -0.25) is 4.79 Å². The molecule has 1 amide bonds. The Balaban J connectivity index is 1.43. The van der Waals surface area contributed by atoms with Gasteiger partial charge in [-0.05, 0) is 43.3 Å². The highest BCUT2D eigenvalue weighted by atomic mass is 32.2. The van der Waals surface area contributed by atoms with Crippen LogP contribution in [-0.4, -0.2) is 69.7 Å². The number of carbonyl (C=O) groups is 1. The lowest BCUT2D eigenvalue weighted by Crippen LogP contribution is -2.50. The molecule has 1 N–H and O–H groups in total. The lowest BCUT2D eigenvalue weighted by Gasteiger charge is -2.33. The van der Waals surface area contributed by atoms with Crippen molar-refractivity contribution < 1.29 is 21.6 Å². The largest absolute Gasteiger partial charge is 0.339 e. The summed E-state index contributed by atoms with van der Waals surface area (Å²) < 4.78 is 53.5. The summed E-state index contributed by atoms with van der Waals surface area (Å²) in [6.45, 7) is 2.85. The van der Waals surface area contributed by atoms with Gasteiger partial charge in [-0.15, -0.1) is 4.40 Å². The molecule has 2 aliphatic rings. The highest BCUT2D eigenvalue weighted by Crippen LogP contribution is 2.26. The molecule has 0 saturated carbocycles. The van der Waals surface area contributed by atoms with Crippen molar-refractivity contribution in [1.82, 2.24) is 9.21 Å². The van der Waals surface area contributed by atoms with E-state index in [4.69, 9.17) is 0 Å². The second-order valence-corrected chi connectivity index (χ2v) is 11.0. The lowest BCUT2D eigenvalue weighted by molar-refractivity contribution is 0.0698. The molecular weight excluding hydrogens is 440 g/mol. The van der Waals surface area contributed by atoms with Crippen LogP contribution >= 0.6 is 0 Å². The molecule has 2 aromatic carbocycles. The van der Waals surface area contributed by atoms with E-state index in [2.05, 4.69) is 9.71 Å². The van der Waals surface area contributed by atoms with E-state index in [0.717, 1.165) is 0 Å². The Morgan fingerprint density at radius 1 is 1.03 bits per heavy atom. The standard InChI is InChI=1S/C20H22N4O5S2/c1-2-30(26,27)24-13-11-23(12-14-24)20(25)15-7-9-16(10-8-15)21-19-17-5-3-4-6-18(17)31(28,29)22-19/h3-10H,2,11-14H2,1H3,(H,21,22). The zero-order valence-electron chi connectivity index (χ0n) is 16.9. The summed E-state index contributed by atoms with van der Waals surface area (Å²) >= 11 is 0. The van der Waals surface area contributed by atoms with Crippen LogP contribution in [0.1, 0.15) is 22.8 Å². The first-order valence-corrected chi connectivity index (χ1v) is 12.8. The molecule has 9 nitrogen and oxygen atoms in total. The van der Waals surface area contributed by atoms with E-state index in [1.807, 2.05) is 0 Å². The van der Waals surface area contributed by atoms with E-state index < -0.39 is 20.0 Å². The fraction of sp³-hybridized carbons (Fsp3) is 0.300. The van der Waals surface area contributed by atoms with Gasteiger partial charge < -0.3 is 10.2 Å². The first-order valence-electron chi connectivity index (χ1n) is 9.80. The molecule has 2 aromatic rings. The van der Waals surface area contributed by atoms with Crippen LogP contribution in [0.4, 0.5) is 5.69 Å². The Bertz CT molecular complexity index is 1250. The van der Waals surface area contributed by atoms with Gasteiger partial charge in [-0.2, -0.15) is 12.7 Å². The van der Waals surface area contributed by atoms with Gasteiger partial charge in [0.15, 0.2) is 5.84 Å². The number of hydrogen-bond acceptors (Lipinski definition) is 6. The summed E-state index contributed by atoms with van der Waals surface area (Å²) in [5.74, 6) is 0.112. The van der Waals surface area contributed by atoms with Gasteiger partial charge in [0.2, 0.25) is 10.0 Å². The van der Waals surface area contributed by atoms with Crippen molar-refractivity contribution in [3.63, 3.8) is 0 Å². The van der Waals surface area contributed by atoms with Crippen LogP contribution in [-0.2, 0) is 20.0 Å². The third kappa shape index (κ3) is 4.21. The molecule has 0 aliphatic carbocycles. The molecular formula is C20H22N4O5S2. The molecule has 0 spiro atoms. The number of nitrogens with one attached hydrogen (secondary N) is 1. The summed E-state index contributed by atoms with van der Waals surface area (Å²) in [7, 11) is -6.96. The van der Waals surface area contributed by atoms with Gasteiger partial charge in [-0.1, -0.05) is 12.1 Å². The van der Waals surface area contributed by atoms with Crippen molar-refractivity contribution in [2.75, 3.05) is 37.2 Å². The van der Waals surface area contributed by atoms with E-state index in [9.17, 15) is 21.6 Å². The average Bonchev–Trinajstić information content (AvgIpc) is 3.04. The van der Waals surface area contributed by atoms with E-state index >= 15 is 0 Å². The van der Waals surface area contributed by atoms with Gasteiger partial charge in [0, 0.05) is 43.0 Å². The molecule has 0 aromatic heterocycles. The lowest BCUT2D eigenvalue weighted by atomic mass is 10.1. The van der Waals surface area contributed by atoms with Crippen molar-refractivity contribution in [2.24, 2.45) is 4.40 Å². The van der Waals surface area contributed by atoms with Crippen molar-refractivity contribution >= 4 is 37.5 Å². The fourth-order valence-electron chi connectivity index (χ4n) is 3.56. The minimum atomic E-state index is -3.71. The number of nitrogens with zero attached hydrogens (tertiary/aromatic N) is 3. The monoisotopic (exact) mass is 462 g/mol. The van der Waals surface area contributed by atoms with Crippen molar-refractivity contribution in [3.8, 4) is 0 Å². The Hall–Kier alpha value is -2.76. The Kier molecular flexibility index (Phi) is 5.58. The topological polar surface area (TPSA) is 116 Å². The van der Waals surface area contributed by atoms with Gasteiger partial charge in [0.05, 0.1) is 5.75 Å². The zero-order chi connectivity index (χ0) is 22.2. The molecule has 31 heavy (non-hydrogen) atoms. The number of anilines is 1. The molecule has 4 rings (SSSR count). The van der Waals surface area contributed by atoms with E-state index in [0.29, 0.717) is 29.9 Å². The van der Waals surface area contributed by atoms with Crippen LogP contribution in [0.25, 0.3) is 0 Å². The van der Waals surface area contributed by atoms with Crippen molar-refractivity contribution in [3.05, 3.63) is 59.7 Å². The number of rotatable bonds is 4. The van der Waals surface area contributed by atoms with Gasteiger partial charge in [0.1, 0.15) is 4.90 Å². The second-order valence-electron chi connectivity index (χ2n) is 7.21. The van der Waals surface area contributed by atoms with Crippen LogP contribution < -0.4 is 5.32 Å². The molecule has 1 fully saturated rings. The number of sulfonamides is 2. The molecule has 0 unspecified atom stereocenters. The van der Waals surface area contributed by atoms with E-state index in [-0.39, 0.29) is 35.5 Å². The van der Waals surface area contributed by atoms with Crippen molar-refractivity contribution in [1.29, 1.82) is 0 Å². The van der Waals surface area contributed by atoms with Crippen LogP contribution in [0.3, 0.4) is 0 Å². The molecule has 164 valence electrons. The molecule has 2 heterocycles. The van der Waals surface area contributed by atoms with Gasteiger partial charge in [-0.25, -0.2) is 8.42 Å². The average molecular weight is 463 g/mol. The SMILES string of the molecule is CCS(=O)(=O)N1CCN(C(=O)c2ccc(NC3=NS(=O)(=O)c4ccccc43)cc2)CC1. The Labute approximate surface area is 181 Å². The zero-order valence-corrected chi connectivity index (χ0v) is 18.5. The van der Waals surface area contributed by atoms with Crippen LogP contribution in [0, 0.1) is 0 Å². The molecule has 0 atom stereocenters. The summed E-state index contributed by atoms with van der Waals surface area (Å²) in [5, 5.41) is 3.00. The van der Waals surface area contributed by atoms with Crippen molar-refractivity contribution in [2.45, 2.75) is 11.8 Å². The van der Waals surface area contributed by atoms with Gasteiger partial charge >= 0.3 is 0 Å². The minimum absolute atomic E-state index is 0.0481. The summed E-state index contributed by atoms with van der Waals surface area (Å²) in [4.78, 5) is 14.6. The normalized spacial score (nSPS) is 18.4. The van der Waals surface area contributed by atoms with Crippen LogP contribution in [0.5, 0.6) is 0 Å². The maximum absolute atomic E-state index is 12.8. The smallest absolute Gasteiger partial charge is 0.285 e. The maximum atomic E-state index is 12.8.